The van der Waals surface area contributed by atoms with Crippen molar-refractivity contribution in [2.45, 2.75) is 44.8 Å². The number of aliphatic hydroxyl groups is 1. The van der Waals surface area contributed by atoms with Crippen LogP contribution < -0.4 is 4.90 Å². The summed E-state index contributed by atoms with van der Waals surface area (Å²) in [6, 6.07) is 8.24. The number of nitrogens with zero attached hydrogens (tertiary/aromatic N) is 2. The molecular formula is C15H20N2O. The van der Waals surface area contributed by atoms with E-state index in [0.29, 0.717) is 11.6 Å². The number of hydrogen-bond donors (Lipinski definition) is 1. The van der Waals surface area contributed by atoms with Gasteiger partial charge >= 0.3 is 0 Å². The number of aliphatic hydroxyl groups excluding tert-OH is 1. The van der Waals surface area contributed by atoms with Crippen LogP contribution in [0.4, 0.5) is 5.69 Å². The van der Waals surface area contributed by atoms with E-state index in [1.807, 2.05) is 12.1 Å². The van der Waals surface area contributed by atoms with Gasteiger partial charge in [0.25, 0.3) is 0 Å². The molecule has 1 saturated carbocycles. The zero-order valence-corrected chi connectivity index (χ0v) is 11.1. The lowest BCUT2D eigenvalue weighted by molar-refractivity contribution is 0.199. The minimum Gasteiger partial charge on any atom is -0.389 e. The summed E-state index contributed by atoms with van der Waals surface area (Å²) < 4.78 is 0. The van der Waals surface area contributed by atoms with Gasteiger partial charge in [-0.3, -0.25) is 0 Å². The van der Waals surface area contributed by atoms with Gasteiger partial charge in [0.1, 0.15) is 0 Å². The summed E-state index contributed by atoms with van der Waals surface area (Å²) in [7, 11) is 2.07. The number of anilines is 1. The van der Waals surface area contributed by atoms with Crippen molar-refractivity contribution in [2.75, 3.05) is 11.9 Å². The zero-order valence-electron chi connectivity index (χ0n) is 11.1. The number of nitriles is 1. The average molecular weight is 244 g/mol. The second kappa shape index (κ2) is 5.41. The molecule has 0 spiro atoms. The Hall–Kier alpha value is -1.53. The first kappa shape index (κ1) is 12.9. The number of benzene rings is 1. The minimum absolute atomic E-state index is 0.503. The van der Waals surface area contributed by atoms with Crippen molar-refractivity contribution in [1.29, 1.82) is 5.26 Å². The fraction of sp³-hybridized carbons (Fsp3) is 0.533. The molecule has 1 aliphatic rings. The molecule has 1 fully saturated rings. The maximum atomic E-state index is 9.85. The average Bonchev–Trinajstić information content (AvgIpc) is 2.90. The van der Waals surface area contributed by atoms with E-state index in [-0.39, 0.29) is 0 Å². The summed E-state index contributed by atoms with van der Waals surface area (Å²) in [6.07, 6.45) is 4.45. The van der Waals surface area contributed by atoms with E-state index in [4.69, 9.17) is 5.26 Å². The summed E-state index contributed by atoms with van der Waals surface area (Å²) in [5, 5.41) is 18.9. The molecule has 2 rings (SSSR count). The lowest BCUT2D eigenvalue weighted by atomic mass is 10.0. The SMILES string of the molecule is CC(O)c1ccc(C#N)cc1N(C)C1CCCC1. The van der Waals surface area contributed by atoms with Gasteiger partial charge < -0.3 is 10.0 Å². The molecule has 0 saturated heterocycles. The van der Waals surface area contributed by atoms with Crippen LogP contribution in [0.2, 0.25) is 0 Å². The van der Waals surface area contributed by atoms with Crippen molar-refractivity contribution in [1.82, 2.24) is 0 Å². The van der Waals surface area contributed by atoms with Crippen molar-refractivity contribution in [3.8, 4) is 6.07 Å². The van der Waals surface area contributed by atoms with Crippen molar-refractivity contribution in [2.24, 2.45) is 0 Å². The van der Waals surface area contributed by atoms with E-state index >= 15 is 0 Å². The fourth-order valence-electron chi connectivity index (χ4n) is 2.76. The minimum atomic E-state index is -0.503. The molecular weight excluding hydrogens is 224 g/mol. The molecule has 1 unspecified atom stereocenters. The first-order chi connectivity index (χ1) is 8.63. The van der Waals surface area contributed by atoms with Gasteiger partial charge in [-0.1, -0.05) is 18.9 Å². The lowest BCUT2D eigenvalue weighted by Crippen LogP contribution is -2.30. The third-order valence-electron chi connectivity index (χ3n) is 3.86. The van der Waals surface area contributed by atoms with Crippen molar-refractivity contribution in [3.05, 3.63) is 29.3 Å². The third kappa shape index (κ3) is 2.49. The Morgan fingerprint density at radius 1 is 1.39 bits per heavy atom. The second-order valence-electron chi connectivity index (χ2n) is 5.11. The Bertz CT molecular complexity index is 456. The highest BCUT2D eigenvalue weighted by atomic mass is 16.3. The molecule has 96 valence electrons. The number of rotatable bonds is 3. The Morgan fingerprint density at radius 3 is 2.61 bits per heavy atom. The molecule has 0 aromatic heterocycles. The highest BCUT2D eigenvalue weighted by molar-refractivity contribution is 5.58. The predicted molar refractivity (Wildman–Crippen MR) is 72.4 cm³/mol. The van der Waals surface area contributed by atoms with Gasteiger partial charge in [-0.2, -0.15) is 5.26 Å². The first-order valence-corrected chi connectivity index (χ1v) is 6.58. The van der Waals surface area contributed by atoms with Crippen LogP contribution in [0, 0.1) is 11.3 Å². The van der Waals surface area contributed by atoms with E-state index < -0.39 is 6.10 Å². The maximum Gasteiger partial charge on any atom is 0.0992 e. The van der Waals surface area contributed by atoms with Gasteiger partial charge in [0.05, 0.1) is 17.7 Å². The van der Waals surface area contributed by atoms with Gasteiger partial charge in [-0.25, -0.2) is 0 Å². The Kier molecular flexibility index (Phi) is 3.88. The molecule has 0 aliphatic heterocycles. The molecule has 3 nitrogen and oxygen atoms in total. The molecule has 0 radical (unpaired) electrons. The molecule has 3 heteroatoms. The first-order valence-electron chi connectivity index (χ1n) is 6.58. The molecule has 18 heavy (non-hydrogen) atoms. The molecule has 0 amide bonds. The van der Waals surface area contributed by atoms with Crippen LogP contribution in [0.15, 0.2) is 18.2 Å². The second-order valence-corrected chi connectivity index (χ2v) is 5.11. The van der Waals surface area contributed by atoms with Crippen LogP contribution in [0.1, 0.15) is 49.8 Å². The highest BCUT2D eigenvalue weighted by Gasteiger charge is 2.22. The van der Waals surface area contributed by atoms with Gasteiger partial charge in [-0.15, -0.1) is 0 Å². The normalized spacial score (nSPS) is 17.4. The quantitative estimate of drug-likeness (QED) is 0.889. The summed E-state index contributed by atoms with van der Waals surface area (Å²) in [5.74, 6) is 0. The van der Waals surface area contributed by atoms with Gasteiger partial charge in [-0.05, 0) is 31.9 Å². The third-order valence-corrected chi connectivity index (χ3v) is 3.86. The molecule has 1 N–H and O–H groups in total. The van der Waals surface area contributed by atoms with Crippen LogP contribution in [-0.4, -0.2) is 18.2 Å². The van der Waals surface area contributed by atoms with Crippen molar-refractivity contribution >= 4 is 5.69 Å². The Balaban J connectivity index is 2.36. The van der Waals surface area contributed by atoms with Crippen LogP contribution in [0.25, 0.3) is 0 Å². The van der Waals surface area contributed by atoms with E-state index in [1.54, 1.807) is 13.0 Å². The van der Waals surface area contributed by atoms with Crippen LogP contribution in [0.3, 0.4) is 0 Å². The van der Waals surface area contributed by atoms with Crippen LogP contribution in [-0.2, 0) is 0 Å². The standard InChI is InChI=1S/C15H20N2O/c1-11(18)14-8-7-12(10-16)9-15(14)17(2)13-5-3-4-6-13/h7-9,11,13,18H,3-6H2,1-2H3. The van der Waals surface area contributed by atoms with E-state index in [2.05, 4.69) is 18.0 Å². The Morgan fingerprint density at radius 2 is 2.06 bits per heavy atom. The molecule has 1 aromatic rings. The van der Waals surface area contributed by atoms with E-state index in [1.165, 1.54) is 25.7 Å². The molecule has 1 aromatic carbocycles. The zero-order chi connectivity index (χ0) is 13.1. The summed E-state index contributed by atoms with van der Waals surface area (Å²) in [6.45, 7) is 1.77. The van der Waals surface area contributed by atoms with Gasteiger partial charge in [0.15, 0.2) is 0 Å². The van der Waals surface area contributed by atoms with Gasteiger partial charge in [0.2, 0.25) is 0 Å². The van der Waals surface area contributed by atoms with Crippen LogP contribution >= 0.6 is 0 Å². The summed E-state index contributed by atoms with van der Waals surface area (Å²) in [4.78, 5) is 2.23. The van der Waals surface area contributed by atoms with Crippen LogP contribution in [0.5, 0.6) is 0 Å². The summed E-state index contributed by atoms with van der Waals surface area (Å²) >= 11 is 0. The lowest BCUT2D eigenvalue weighted by Gasteiger charge is -2.29. The molecule has 1 aliphatic carbocycles. The van der Waals surface area contributed by atoms with Crippen molar-refractivity contribution < 1.29 is 5.11 Å². The highest BCUT2D eigenvalue weighted by Crippen LogP contribution is 2.32. The topological polar surface area (TPSA) is 47.3 Å². The Labute approximate surface area is 109 Å². The smallest absolute Gasteiger partial charge is 0.0992 e. The predicted octanol–water partition coefficient (Wildman–Crippen LogP) is 2.99. The summed E-state index contributed by atoms with van der Waals surface area (Å²) in [5.41, 5.74) is 2.55. The molecule has 1 atom stereocenters. The monoisotopic (exact) mass is 244 g/mol. The fourth-order valence-corrected chi connectivity index (χ4v) is 2.76. The van der Waals surface area contributed by atoms with E-state index in [0.717, 1.165) is 11.3 Å². The molecule has 0 heterocycles. The van der Waals surface area contributed by atoms with Gasteiger partial charge in [0, 0.05) is 24.3 Å². The maximum absolute atomic E-state index is 9.85. The number of hydrogen-bond acceptors (Lipinski definition) is 3. The van der Waals surface area contributed by atoms with Crippen molar-refractivity contribution in [3.63, 3.8) is 0 Å². The molecule has 0 bridgehead atoms. The largest absolute Gasteiger partial charge is 0.389 e. The van der Waals surface area contributed by atoms with E-state index in [9.17, 15) is 5.11 Å².